The fraction of sp³-hybridized carbons (Fsp3) is 0.429. The molecule has 0 spiro atoms. The van der Waals surface area contributed by atoms with Gasteiger partial charge in [0.2, 0.25) is 0 Å². The molecule has 0 N–H and O–H groups in total. The van der Waals surface area contributed by atoms with Gasteiger partial charge in [0, 0.05) is 18.7 Å². The number of aromatic nitrogens is 2. The van der Waals surface area contributed by atoms with E-state index in [0.717, 1.165) is 30.5 Å². The van der Waals surface area contributed by atoms with Crippen LogP contribution in [0.1, 0.15) is 48.4 Å². The van der Waals surface area contributed by atoms with Gasteiger partial charge in [-0.05, 0) is 43.4 Å². The summed E-state index contributed by atoms with van der Waals surface area (Å²) >= 11 is 0. The third-order valence-corrected chi connectivity index (χ3v) is 4.27. The summed E-state index contributed by atoms with van der Waals surface area (Å²) in [5.41, 5.74) is 2.61. The molecule has 2 aromatic rings. The van der Waals surface area contributed by atoms with Gasteiger partial charge in [-0.2, -0.15) is 5.10 Å². The maximum Gasteiger partial charge on any atom is 0.273 e. The largest absolute Gasteiger partial charge is 0.323 e. The van der Waals surface area contributed by atoms with Gasteiger partial charge in [-0.25, -0.2) is 0 Å². The zero-order chi connectivity index (χ0) is 17.8. The van der Waals surface area contributed by atoms with Gasteiger partial charge in [-0.3, -0.25) is 9.48 Å². The van der Waals surface area contributed by atoms with Gasteiger partial charge in [0.1, 0.15) is 5.69 Å². The first-order valence-corrected chi connectivity index (χ1v) is 8.92. The predicted octanol–water partition coefficient (Wildman–Crippen LogP) is 3.27. The van der Waals surface area contributed by atoms with E-state index >= 15 is 0 Å². The van der Waals surface area contributed by atoms with Gasteiger partial charge < -0.3 is 4.90 Å². The molecule has 1 amide bonds. The second-order valence-electron chi connectivity index (χ2n) is 7.07. The molecule has 1 aromatic carbocycles. The maximum atomic E-state index is 13.0. The van der Waals surface area contributed by atoms with Crippen LogP contribution < -0.4 is 0 Å². The topological polar surface area (TPSA) is 38.1 Å². The molecule has 0 saturated heterocycles. The summed E-state index contributed by atoms with van der Waals surface area (Å²) in [7, 11) is 1.85. The lowest BCUT2D eigenvalue weighted by molar-refractivity contribution is 0.0754. The lowest BCUT2D eigenvalue weighted by Gasteiger charge is -2.19. The Hall–Kier alpha value is -2.54. The second-order valence-corrected chi connectivity index (χ2v) is 7.07. The van der Waals surface area contributed by atoms with E-state index in [9.17, 15) is 4.79 Å². The van der Waals surface area contributed by atoms with Crippen molar-refractivity contribution in [1.82, 2.24) is 14.7 Å². The molecular weight excluding hydrogens is 310 g/mol. The van der Waals surface area contributed by atoms with Crippen LogP contribution in [-0.2, 0) is 13.5 Å². The van der Waals surface area contributed by atoms with E-state index in [1.807, 2.05) is 48.3 Å². The summed E-state index contributed by atoms with van der Waals surface area (Å²) in [6.45, 7) is 4.78. The number of hydrogen-bond acceptors (Lipinski definition) is 2. The normalized spacial score (nSPS) is 13.4. The average Bonchev–Trinajstić information content (AvgIpc) is 3.35. The first-order valence-electron chi connectivity index (χ1n) is 8.92. The molecule has 4 heteroatoms. The molecule has 1 heterocycles. The smallest absolute Gasteiger partial charge is 0.273 e. The van der Waals surface area contributed by atoms with E-state index in [2.05, 4.69) is 30.8 Å². The number of amides is 1. The van der Waals surface area contributed by atoms with Gasteiger partial charge in [0.25, 0.3) is 5.91 Å². The van der Waals surface area contributed by atoms with Crippen LogP contribution in [0.4, 0.5) is 0 Å². The fourth-order valence-corrected chi connectivity index (χ4v) is 2.89. The van der Waals surface area contributed by atoms with Crippen LogP contribution in [-0.4, -0.2) is 33.2 Å². The highest BCUT2D eigenvalue weighted by atomic mass is 16.2. The van der Waals surface area contributed by atoms with Gasteiger partial charge >= 0.3 is 0 Å². The molecule has 0 atom stereocenters. The third kappa shape index (κ3) is 4.51. The highest BCUT2D eigenvalue weighted by molar-refractivity contribution is 5.93. The molecule has 0 bridgehead atoms. The number of rotatable bonds is 5. The van der Waals surface area contributed by atoms with Crippen molar-refractivity contribution in [3.8, 4) is 11.8 Å². The quantitative estimate of drug-likeness (QED) is 0.787. The molecule has 1 saturated carbocycles. The minimum absolute atomic E-state index is 0.0369. The Kier molecular flexibility index (Phi) is 5.23. The minimum atomic E-state index is 0.0369. The third-order valence-electron chi connectivity index (χ3n) is 4.27. The van der Waals surface area contributed by atoms with E-state index in [4.69, 9.17) is 0 Å². The Morgan fingerprint density at radius 3 is 2.68 bits per heavy atom. The Labute approximate surface area is 149 Å². The average molecular weight is 335 g/mol. The number of carbonyl (C=O) groups is 1. The molecule has 25 heavy (non-hydrogen) atoms. The Bertz CT molecular complexity index is 792. The van der Waals surface area contributed by atoms with Gasteiger partial charge in [-0.1, -0.05) is 43.9 Å². The van der Waals surface area contributed by atoms with Crippen molar-refractivity contribution >= 4 is 5.91 Å². The summed E-state index contributed by atoms with van der Waals surface area (Å²) < 4.78 is 1.71. The van der Waals surface area contributed by atoms with Gasteiger partial charge in [0.05, 0.1) is 12.2 Å². The van der Waals surface area contributed by atoms with Crippen LogP contribution in [0, 0.1) is 17.8 Å². The minimum Gasteiger partial charge on any atom is -0.323 e. The van der Waals surface area contributed by atoms with E-state index in [1.54, 1.807) is 4.68 Å². The second kappa shape index (κ2) is 7.57. The number of benzene rings is 1. The zero-order valence-corrected chi connectivity index (χ0v) is 15.2. The van der Waals surface area contributed by atoms with Crippen molar-refractivity contribution in [1.29, 1.82) is 0 Å². The summed E-state index contributed by atoms with van der Waals surface area (Å²) in [5, 5.41) is 4.50. The van der Waals surface area contributed by atoms with E-state index in [0.29, 0.717) is 24.2 Å². The van der Waals surface area contributed by atoms with Crippen LogP contribution in [0.3, 0.4) is 0 Å². The number of carbonyl (C=O) groups excluding carboxylic acids is 1. The lowest BCUT2D eigenvalue weighted by Crippen LogP contribution is -2.34. The van der Waals surface area contributed by atoms with E-state index in [-0.39, 0.29) is 5.91 Å². The number of hydrogen-bond donors (Lipinski definition) is 0. The molecule has 0 aliphatic heterocycles. The Balaban J connectivity index is 1.74. The number of nitrogens with zero attached hydrogens (tertiary/aromatic N) is 3. The Morgan fingerprint density at radius 2 is 2.04 bits per heavy atom. The number of aryl methyl sites for hydroxylation is 1. The SMILES string of the molecule is CC(C)Cc1cc(C(=O)N(CC#Cc2ccccc2)C2CC2)n(C)n1. The van der Waals surface area contributed by atoms with Crippen molar-refractivity contribution in [3.63, 3.8) is 0 Å². The summed E-state index contributed by atoms with van der Waals surface area (Å²) in [4.78, 5) is 14.9. The van der Waals surface area contributed by atoms with Crippen LogP contribution in [0.5, 0.6) is 0 Å². The molecule has 1 aliphatic rings. The van der Waals surface area contributed by atoms with Crippen molar-refractivity contribution in [2.24, 2.45) is 13.0 Å². The zero-order valence-electron chi connectivity index (χ0n) is 15.2. The molecule has 1 aliphatic carbocycles. The summed E-state index contributed by atoms with van der Waals surface area (Å²) in [6.07, 6.45) is 3.02. The highest BCUT2D eigenvalue weighted by Crippen LogP contribution is 2.28. The van der Waals surface area contributed by atoms with E-state index < -0.39 is 0 Å². The molecule has 1 aromatic heterocycles. The molecule has 0 radical (unpaired) electrons. The first kappa shape index (κ1) is 17.3. The summed E-state index contributed by atoms with van der Waals surface area (Å²) in [5.74, 6) is 6.86. The monoisotopic (exact) mass is 335 g/mol. The van der Waals surface area contributed by atoms with Crippen molar-refractivity contribution < 1.29 is 4.79 Å². The van der Waals surface area contributed by atoms with Gasteiger partial charge in [-0.15, -0.1) is 0 Å². The summed E-state index contributed by atoms with van der Waals surface area (Å²) in [6, 6.07) is 12.1. The predicted molar refractivity (Wildman–Crippen MR) is 99.1 cm³/mol. The van der Waals surface area contributed by atoms with Crippen LogP contribution in [0.2, 0.25) is 0 Å². The van der Waals surface area contributed by atoms with Gasteiger partial charge in [0.15, 0.2) is 0 Å². The molecule has 3 rings (SSSR count). The molecule has 0 unspecified atom stereocenters. The maximum absolute atomic E-state index is 13.0. The van der Waals surface area contributed by atoms with Crippen LogP contribution in [0.15, 0.2) is 36.4 Å². The van der Waals surface area contributed by atoms with Crippen molar-refractivity contribution in [2.75, 3.05) is 6.54 Å². The van der Waals surface area contributed by atoms with Crippen molar-refractivity contribution in [3.05, 3.63) is 53.3 Å². The standard InChI is InChI=1S/C21H25N3O/c1-16(2)14-18-15-20(23(3)22-18)21(25)24(19-11-12-19)13-7-10-17-8-5-4-6-9-17/h4-6,8-9,15-16,19H,11-14H2,1-3H3. The molecule has 4 nitrogen and oxygen atoms in total. The molecular formula is C21H25N3O. The highest BCUT2D eigenvalue weighted by Gasteiger charge is 2.33. The van der Waals surface area contributed by atoms with Crippen LogP contribution in [0.25, 0.3) is 0 Å². The van der Waals surface area contributed by atoms with E-state index in [1.165, 1.54) is 0 Å². The van der Waals surface area contributed by atoms with Crippen molar-refractivity contribution in [2.45, 2.75) is 39.2 Å². The molecule has 1 fully saturated rings. The first-order chi connectivity index (χ1) is 12.0. The molecule has 130 valence electrons. The lowest BCUT2D eigenvalue weighted by atomic mass is 10.1. The fourth-order valence-electron chi connectivity index (χ4n) is 2.89. The van der Waals surface area contributed by atoms with Crippen LogP contribution >= 0.6 is 0 Å². The Morgan fingerprint density at radius 1 is 1.32 bits per heavy atom.